The molecule has 13 heavy (non-hydrogen) atoms. The maximum Gasteiger partial charge on any atom is 0.207 e. The molecule has 0 aliphatic heterocycles. The summed E-state index contributed by atoms with van der Waals surface area (Å²) in [4.78, 5) is 2.32. The summed E-state index contributed by atoms with van der Waals surface area (Å²) in [6, 6.07) is 0.535. The van der Waals surface area contributed by atoms with Crippen LogP contribution in [0.2, 0.25) is 4.47 Å². The Morgan fingerprint density at radius 3 is 2.54 bits per heavy atom. The highest BCUT2D eigenvalue weighted by atomic mass is 35.5. The van der Waals surface area contributed by atoms with Gasteiger partial charge in [-0.2, -0.15) is 0 Å². The predicted molar refractivity (Wildman–Crippen MR) is 56.1 cm³/mol. The van der Waals surface area contributed by atoms with Gasteiger partial charge in [0, 0.05) is 6.04 Å². The minimum atomic E-state index is 0.523. The fourth-order valence-electron chi connectivity index (χ4n) is 1.13. The summed E-state index contributed by atoms with van der Waals surface area (Å²) in [6.07, 6.45) is 0. The molecule has 0 fully saturated rings. The van der Waals surface area contributed by atoms with Crippen LogP contribution in [0.3, 0.4) is 0 Å². The molecule has 0 saturated heterocycles. The highest BCUT2D eigenvalue weighted by Crippen LogP contribution is 2.17. The Bertz CT molecular complexity index is 262. The van der Waals surface area contributed by atoms with Crippen molar-refractivity contribution < 1.29 is 0 Å². The Hall–Kier alpha value is -0.190. The van der Waals surface area contributed by atoms with Crippen LogP contribution in [0.4, 0.5) is 0 Å². The van der Waals surface area contributed by atoms with E-state index in [-0.39, 0.29) is 0 Å². The van der Waals surface area contributed by atoms with Crippen LogP contribution in [0.1, 0.15) is 25.8 Å². The first-order valence-corrected chi connectivity index (χ1v) is 5.54. The molecule has 1 aromatic heterocycles. The molecule has 0 unspecified atom stereocenters. The van der Waals surface area contributed by atoms with Crippen LogP contribution < -0.4 is 0 Å². The molecule has 0 radical (unpaired) electrons. The third-order valence-corrected chi connectivity index (χ3v) is 2.92. The Morgan fingerprint density at radius 1 is 1.46 bits per heavy atom. The third-order valence-electron chi connectivity index (χ3n) is 1.92. The first kappa shape index (κ1) is 10.9. The van der Waals surface area contributed by atoms with Crippen molar-refractivity contribution in [2.24, 2.45) is 0 Å². The van der Waals surface area contributed by atoms with Crippen LogP contribution in [0.15, 0.2) is 0 Å². The molecule has 3 nitrogen and oxygen atoms in total. The number of rotatable bonds is 4. The Balaban J connectivity index is 2.56. The largest absolute Gasteiger partial charge is 0.294 e. The topological polar surface area (TPSA) is 29.0 Å². The minimum absolute atomic E-state index is 0.523. The van der Waals surface area contributed by atoms with Gasteiger partial charge in [-0.3, -0.25) is 4.90 Å². The Morgan fingerprint density at radius 2 is 2.15 bits per heavy atom. The second-order valence-corrected chi connectivity index (χ2v) is 4.75. The van der Waals surface area contributed by atoms with Gasteiger partial charge in [-0.05, 0) is 32.0 Å². The summed E-state index contributed by atoms with van der Waals surface area (Å²) in [5, 5.41) is 8.74. The van der Waals surface area contributed by atoms with Crippen LogP contribution in [0.25, 0.3) is 0 Å². The Labute approximate surface area is 87.7 Å². The zero-order valence-electron chi connectivity index (χ0n) is 8.12. The van der Waals surface area contributed by atoms with Gasteiger partial charge in [0.1, 0.15) is 5.01 Å². The van der Waals surface area contributed by atoms with E-state index < -0.39 is 0 Å². The van der Waals surface area contributed by atoms with E-state index in [1.165, 1.54) is 11.3 Å². The monoisotopic (exact) mass is 219 g/mol. The number of halogens is 1. The molecule has 1 heterocycles. The quantitative estimate of drug-likeness (QED) is 0.779. The van der Waals surface area contributed by atoms with Crippen molar-refractivity contribution >= 4 is 22.9 Å². The number of hydrogen-bond donors (Lipinski definition) is 0. The average Bonchev–Trinajstić information content (AvgIpc) is 2.46. The first-order chi connectivity index (χ1) is 6.13. The predicted octanol–water partition coefficient (Wildman–Crippen LogP) is 2.42. The van der Waals surface area contributed by atoms with E-state index in [0.717, 1.165) is 18.1 Å². The lowest BCUT2D eigenvalue weighted by Crippen LogP contribution is -2.29. The molecule has 0 atom stereocenters. The molecule has 0 amide bonds. The zero-order valence-corrected chi connectivity index (χ0v) is 9.69. The van der Waals surface area contributed by atoms with Crippen molar-refractivity contribution in [1.82, 2.24) is 15.1 Å². The highest BCUT2D eigenvalue weighted by Gasteiger charge is 2.10. The fourth-order valence-corrected chi connectivity index (χ4v) is 2.02. The highest BCUT2D eigenvalue weighted by molar-refractivity contribution is 7.15. The molecule has 0 aliphatic rings. The Kier molecular flexibility index (Phi) is 4.09. The van der Waals surface area contributed by atoms with E-state index >= 15 is 0 Å². The molecular formula is C8H14ClN3S. The normalized spacial score (nSPS) is 11.5. The summed E-state index contributed by atoms with van der Waals surface area (Å²) in [5.41, 5.74) is 0. The summed E-state index contributed by atoms with van der Waals surface area (Å²) in [6.45, 7) is 8.36. The van der Waals surface area contributed by atoms with Crippen molar-refractivity contribution in [1.29, 1.82) is 0 Å². The lowest BCUT2D eigenvalue weighted by Gasteiger charge is -2.22. The molecule has 1 rings (SSSR count). The number of aromatic nitrogens is 2. The van der Waals surface area contributed by atoms with E-state index in [1.807, 2.05) is 0 Å². The molecule has 0 aromatic carbocycles. The van der Waals surface area contributed by atoms with Crippen molar-refractivity contribution in [3.8, 4) is 0 Å². The third kappa shape index (κ3) is 3.21. The molecule has 0 aliphatic carbocycles. The molecule has 5 heteroatoms. The van der Waals surface area contributed by atoms with Gasteiger partial charge < -0.3 is 0 Å². The molecule has 0 N–H and O–H groups in total. The SMILES string of the molecule is CCN(Cc1nnc(Cl)s1)C(C)C. The standard InChI is InChI=1S/C8H14ClN3S/c1-4-12(6(2)3)5-7-10-11-8(9)13-7/h6H,4-5H2,1-3H3. The smallest absolute Gasteiger partial charge is 0.207 e. The van der Waals surface area contributed by atoms with Gasteiger partial charge in [0.05, 0.1) is 6.54 Å². The van der Waals surface area contributed by atoms with Crippen LogP contribution in [-0.2, 0) is 6.54 Å². The summed E-state index contributed by atoms with van der Waals surface area (Å²) in [7, 11) is 0. The first-order valence-electron chi connectivity index (χ1n) is 4.35. The molecule has 74 valence electrons. The van der Waals surface area contributed by atoms with Gasteiger partial charge >= 0.3 is 0 Å². The number of hydrogen-bond acceptors (Lipinski definition) is 4. The van der Waals surface area contributed by atoms with Crippen LogP contribution in [-0.4, -0.2) is 27.7 Å². The van der Waals surface area contributed by atoms with Crippen molar-refractivity contribution in [2.45, 2.75) is 33.4 Å². The average molecular weight is 220 g/mol. The molecular weight excluding hydrogens is 206 g/mol. The molecule has 0 saturated carbocycles. The van der Waals surface area contributed by atoms with Gasteiger partial charge in [0.25, 0.3) is 0 Å². The maximum absolute atomic E-state index is 5.69. The van der Waals surface area contributed by atoms with E-state index in [2.05, 4.69) is 35.9 Å². The molecule has 0 spiro atoms. The molecule has 1 aromatic rings. The van der Waals surface area contributed by atoms with Crippen LogP contribution >= 0.6 is 22.9 Å². The fraction of sp³-hybridized carbons (Fsp3) is 0.750. The van der Waals surface area contributed by atoms with E-state index in [9.17, 15) is 0 Å². The second kappa shape index (κ2) is 4.88. The van der Waals surface area contributed by atoms with Gasteiger partial charge in [0.2, 0.25) is 4.47 Å². The zero-order chi connectivity index (χ0) is 9.84. The summed E-state index contributed by atoms with van der Waals surface area (Å²) in [5.74, 6) is 0. The van der Waals surface area contributed by atoms with Gasteiger partial charge in [0.15, 0.2) is 0 Å². The van der Waals surface area contributed by atoms with Crippen LogP contribution in [0.5, 0.6) is 0 Å². The minimum Gasteiger partial charge on any atom is -0.294 e. The van der Waals surface area contributed by atoms with Crippen LogP contribution in [0, 0.1) is 0 Å². The summed E-state index contributed by atoms with van der Waals surface area (Å²) < 4.78 is 0.523. The van der Waals surface area contributed by atoms with Gasteiger partial charge in [-0.15, -0.1) is 10.2 Å². The van der Waals surface area contributed by atoms with Crippen molar-refractivity contribution in [3.05, 3.63) is 9.47 Å². The van der Waals surface area contributed by atoms with Crippen molar-refractivity contribution in [3.63, 3.8) is 0 Å². The lowest BCUT2D eigenvalue weighted by atomic mass is 10.3. The second-order valence-electron chi connectivity index (χ2n) is 3.11. The van der Waals surface area contributed by atoms with E-state index in [1.54, 1.807) is 0 Å². The number of nitrogens with zero attached hydrogens (tertiary/aromatic N) is 3. The van der Waals surface area contributed by atoms with E-state index in [0.29, 0.717) is 10.5 Å². The molecule has 0 bridgehead atoms. The van der Waals surface area contributed by atoms with E-state index in [4.69, 9.17) is 11.6 Å². The maximum atomic E-state index is 5.69. The van der Waals surface area contributed by atoms with Crippen molar-refractivity contribution in [2.75, 3.05) is 6.54 Å². The van der Waals surface area contributed by atoms with Gasteiger partial charge in [-0.25, -0.2) is 0 Å². The van der Waals surface area contributed by atoms with Gasteiger partial charge in [-0.1, -0.05) is 18.3 Å². The summed E-state index contributed by atoms with van der Waals surface area (Å²) >= 11 is 7.14. The lowest BCUT2D eigenvalue weighted by molar-refractivity contribution is 0.224.